The standard InChI is InChI=1S/C20H13Cl2NO3/c21-9-5-6-14(13(22)7-9)23-19(25)17-12-8-15(24)16(18(17)20(23)26)11-4-2-1-3-10(11)12/h1-7,12,16-18H,8H2/t12-,16+,17+,18-/m0/s1. The van der Waals surface area contributed by atoms with Gasteiger partial charge in [-0.15, -0.1) is 0 Å². The number of rotatable bonds is 1. The quantitative estimate of drug-likeness (QED) is 0.698. The normalized spacial score (nSPS) is 29.2. The van der Waals surface area contributed by atoms with E-state index in [0.29, 0.717) is 17.1 Å². The second-order valence-electron chi connectivity index (χ2n) is 7.04. The molecule has 0 aromatic heterocycles. The Hall–Kier alpha value is -2.17. The summed E-state index contributed by atoms with van der Waals surface area (Å²) in [6.07, 6.45) is 0.310. The molecule has 0 spiro atoms. The van der Waals surface area contributed by atoms with Crippen LogP contribution < -0.4 is 4.90 Å². The lowest BCUT2D eigenvalue weighted by Gasteiger charge is -2.43. The minimum Gasteiger partial charge on any atom is -0.299 e. The fraction of sp³-hybridized carbons (Fsp3) is 0.250. The third kappa shape index (κ3) is 1.94. The number of benzene rings is 2. The average molecular weight is 386 g/mol. The number of hydrogen-bond acceptors (Lipinski definition) is 3. The first-order valence-electron chi connectivity index (χ1n) is 8.43. The molecule has 6 heteroatoms. The highest BCUT2D eigenvalue weighted by Crippen LogP contribution is 2.58. The van der Waals surface area contributed by atoms with Crippen LogP contribution in [0, 0.1) is 11.8 Å². The second-order valence-corrected chi connectivity index (χ2v) is 7.89. The molecule has 6 rings (SSSR count). The van der Waals surface area contributed by atoms with Crippen molar-refractivity contribution in [3.63, 3.8) is 0 Å². The van der Waals surface area contributed by atoms with Gasteiger partial charge in [0, 0.05) is 17.4 Å². The monoisotopic (exact) mass is 385 g/mol. The average Bonchev–Trinajstić information content (AvgIpc) is 2.88. The van der Waals surface area contributed by atoms with Gasteiger partial charge in [0.2, 0.25) is 11.8 Å². The molecule has 1 saturated heterocycles. The highest BCUT2D eigenvalue weighted by Gasteiger charge is 2.62. The summed E-state index contributed by atoms with van der Waals surface area (Å²) in [4.78, 5) is 40.2. The van der Waals surface area contributed by atoms with E-state index in [0.717, 1.165) is 16.0 Å². The number of carbonyl (C=O) groups excluding carboxylic acids is 3. The number of imide groups is 1. The van der Waals surface area contributed by atoms with Crippen molar-refractivity contribution in [3.8, 4) is 0 Å². The Balaban J connectivity index is 1.66. The maximum Gasteiger partial charge on any atom is 0.238 e. The van der Waals surface area contributed by atoms with Crippen molar-refractivity contribution in [1.82, 2.24) is 0 Å². The number of ketones is 1. The molecule has 1 heterocycles. The number of nitrogens with zero attached hydrogens (tertiary/aromatic N) is 1. The topological polar surface area (TPSA) is 54.5 Å². The number of carbonyl (C=O) groups is 3. The Bertz CT molecular complexity index is 1000. The van der Waals surface area contributed by atoms with Crippen molar-refractivity contribution in [3.05, 3.63) is 63.6 Å². The SMILES string of the molecule is O=C1C[C@H]2c3ccccc3[C@H]1[C@@H]1C(=O)N(c3ccc(Cl)cc3Cl)C(=O)[C@@H]12. The lowest BCUT2D eigenvalue weighted by molar-refractivity contribution is -0.134. The lowest BCUT2D eigenvalue weighted by atomic mass is 9.56. The molecule has 0 unspecified atom stereocenters. The predicted octanol–water partition coefficient (Wildman–Crippen LogP) is 3.95. The van der Waals surface area contributed by atoms with Crippen LogP contribution in [0.1, 0.15) is 29.4 Å². The molecule has 2 bridgehead atoms. The summed E-state index contributed by atoms with van der Waals surface area (Å²) in [5, 5.41) is 0.673. The molecule has 4 atom stereocenters. The Morgan fingerprint density at radius 2 is 1.58 bits per heavy atom. The van der Waals surface area contributed by atoms with Crippen molar-refractivity contribution in [2.45, 2.75) is 18.3 Å². The van der Waals surface area contributed by atoms with Gasteiger partial charge in [-0.2, -0.15) is 0 Å². The van der Waals surface area contributed by atoms with E-state index in [1.807, 2.05) is 24.3 Å². The van der Waals surface area contributed by atoms with Gasteiger partial charge < -0.3 is 0 Å². The molecule has 1 aliphatic heterocycles. The molecule has 2 aromatic rings. The highest BCUT2D eigenvalue weighted by molar-refractivity contribution is 6.38. The summed E-state index contributed by atoms with van der Waals surface area (Å²) in [5.74, 6) is -2.53. The van der Waals surface area contributed by atoms with Crippen molar-refractivity contribution in [2.75, 3.05) is 4.90 Å². The Morgan fingerprint density at radius 3 is 2.31 bits per heavy atom. The number of amides is 2. The van der Waals surface area contributed by atoms with Gasteiger partial charge in [0.05, 0.1) is 28.5 Å². The van der Waals surface area contributed by atoms with Gasteiger partial charge in [-0.25, -0.2) is 4.90 Å². The van der Waals surface area contributed by atoms with Gasteiger partial charge in [0.1, 0.15) is 5.78 Å². The van der Waals surface area contributed by atoms with E-state index in [4.69, 9.17) is 23.2 Å². The summed E-state index contributed by atoms with van der Waals surface area (Å²) in [6, 6.07) is 12.3. The van der Waals surface area contributed by atoms with Crippen LogP contribution in [-0.2, 0) is 14.4 Å². The predicted molar refractivity (Wildman–Crippen MR) is 97.5 cm³/mol. The van der Waals surface area contributed by atoms with Gasteiger partial charge in [0.15, 0.2) is 0 Å². The minimum absolute atomic E-state index is 0.0418. The van der Waals surface area contributed by atoms with Crippen LogP contribution in [0.15, 0.2) is 42.5 Å². The first kappa shape index (κ1) is 16.0. The summed E-state index contributed by atoms with van der Waals surface area (Å²) < 4.78 is 0. The van der Waals surface area contributed by atoms with Crippen molar-refractivity contribution < 1.29 is 14.4 Å². The summed E-state index contributed by atoms with van der Waals surface area (Å²) in [7, 11) is 0. The zero-order valence-corrected chi connectivity index (χ0v) is 15.0. The minimum atomic E-state index is -0.643. The van der Waals surface area contributed by atoms with Gasteiger partial charge in [-0.05, 0) is 29.3 Å². The van der Waals surface area contributed by atoms with Crippen LogP contribution in [-0.4, -0.2) is 17.6 Å². The summed E-state index contributed by atoms with van der Waals surface area (Å²) in [6.45, 7) is 0. The zero-order chi connectivity index (χ0) is 18.2. The third-order valence-corrected chi connectivity index (χ3v) is 6.38. The van der Waals surface area contributed by atoms with Crippen molar-refractivity contribution in [1.29, 1.82) is 0 Å². The molecule has 0 N–H and O–H groups in total. The van der Waals surface area contributed by atoms with E-state index in [-0.39, 0.29) is 28.5 Å². The van der Waals surface area contributed by atoms with Gasteiger partial charge in [0.25, 0.3) is 0 Å². The molecule has 2 aromatic carbocycles. The van der Waals surface area contributed by atoms with Crippen LogP contribution in [0.2, 0.25) is 10.0 Å². The number of halogens is 2. The van der Waals surface area contributed by atoms with E-state index in [2.05, 4.69) is 0 Å². The number of anilines is 1. The number of Topliss-reactive ketones (excluding diaryl/α,β-unsaturated/α-hetero) is 1. The molecule has 2 fully saturated rings. The lowest BCUT2D eigenvalue weighted by Crippen LogP contribution is -2.44. The molecule has 26 heavy (non-hydrogen) atoms. The fourth-order valence-electron chi connectivity index (χ4n) is 4.86. The number of hydrogen-bond donors (Lipinski definition) is 0. The van der Waals surface area contributed by atoms with E-state index in [9.17, 15) is 14.4 Å². The largest absolute Gasteiger partial charge is 0.299 e. The van der Waals surface area contributed by atoms with Crippen molar-refractivity contribution in [2.24, 2.45) is 11.8 Å². The van der Waals surface area contributed by atoms with Crippen LogP contribution in [0.3, 0.4) is 0 Å². The molecular formula is C20H13Cl2NO3. The van der Waals surface area contributed by atoms with Gasteiger partial charge in [-0.3, -0.25) is 14.4 Å². The third-order valence-electron chi connectivity index (χ3n) is 5.84. The van der Waals surface area contributed by atoms with Crippen LogP contribution in [0.25, 0.3) is 0 Å². The van der Waals surface area contributed by atoms with E-state index in [1.165, 1.54) is 6.07 Å². The smallest absolute Gasteiger partial charge is 0.238 e. The van der Waals surface area contributed by atoms with Crippen LogP contribution in [0.5, 0.6) is 0 Å². The van der Waals surface area contributed by atoms with Crippen LogP contribution in [0.4, 0.5) is 5.69 Å². The zero-order valence-electron chi connectivity index (χ0n) is 13.5. The Morgan fingerprint density at radius 1 is 0.885 bits per heavy atom. The molecule has 4 nitrogen and oxygen atoms in total. The molecule has 0 radical (unpaired) electrons. The van der Waals surface area contributed by atoms with Crippen molar-refractivity contribution >= 4 is 46.5 Å². The first-order valence-corrected chi connectivity index (χ1v) is 9.19. The molecule has 1 saturated carbocycles. The summed E-state index contributed by atoms with van der Waals surface area (Å²) in [5.41, 5.74) is 2.24. The summed E-state index contributed by atoms with van der Waals surface area (Å²) >= 11 is 12.2. The Kier molecular flexibility index (Phi) is 3.34. The van der Waals surface area contributed by atoms with Gasteiger partial charge >= 0.3 is 0 Å². The second kappa shape index (κ2) is 5.41. The van der Waals surface area contributed by atoms with E-state index >= 15 is 0 Å². The molecule has 130 valence electrons. The molecule has 2 amide bonds. The maximum atomic E-state index is 13.2. The Labute approximate surface area is 159 Å². The highest BCUT2D eigenvalue weighted by atomic mass is 35.5. The molecule has 3 aliphatic carbocycles. The van der Waals surface area contributed by atoms with E-state index < -0.39 is 17.8 Å². The fourth-order valence-corrected chi connectivity index (χ4v) is 5.35. The first-order chi connectivity index (χ1) is 12.5. The van der Waals surface area contributed by atoms with E-state index in [1.54, 1.807) is 12.1 Å². The number of fused-ring (bicyclic) bond motifs is 1. The molecular weight excluding hydrogens is 373 g/mol. The van der Waals surface area contributed by atoms with Crippen LogP contribution >= 0.6 is 23.2 Å². The molecule has 4 aliphatic rings. The maximum absolute atomic E-state index is 13.2. The van der Waals surface area contributed by atoms with Gasteiger partial charge in [-0.1, -0.05) is 47.5 Å².